The number of aromatic nitrogens is 1. The highest BCUT2D eigenvalue weighted by Gasteiger charge is 2.24. The average Bonchev–Trinajstić information content (AvgIpc) is 3.16. The number of ether oxygens (including phenoxy) is 2. The normalized spacial score (nSPS) is 10.8. The van der Waals surface area contributed by atoms with Crippen molar-refractivity contribution in [3.63, 3.8) is 0 Å². The van der Waals surface area contributed by atoms with Crippen LogP contribution in [0.5, 0.6) is 0 Å². The molecule has 0 aliphatic heterocycles. The van der Waals surface area contributed by atoms with Crippen molar-refractivity contribution in [2.24, 2.45) is 0 Å². The minimum atomic E-state index is -0.681. The molecule has 0 amide bonds. The van der Waals surface area contributed by atoms with E-state index in [1.807, 2.05) is 0 Å². The van der Waals surface area contributed by atoms with E-state index in [9.17, 15) is 9.59 Å². The summed E-state index contributed by atoms with van der Waals surface area (Å²) in [4.78, 5) is 24.2. The fourth-order valence-electron chi connectivity index (χ4n) is 2.29. The largest absolute Gasteiger partial charge is 0.460 e. The number of fused-ring (bicyclic) bond motifs is 1. The lowest BCUT2D eigenvalue weighted by Crippen LogP contribution is -2.09. The quantitative estimate of drug-likeness (QED) is 0.589. The maximum absolute atomic E-state index is 12.1. The zero-order chi connectivity index (χ0) is 18.0. The van der Waals surface area contributed by atoms with Crippen molar-refractivity contribution in [3.05, 3.63) is 51.5 Å². The first kappa shape index (κ1) is 17.2. The van der Waals surface area contributed by atoms with E-state index in [0.29, 0.717) is 22.2 Å². The van der Waals surface area contributed by atoms with Gasteiger partial charge in [-0.05, 0) is 32.0 Å². The minimum Gasteiger partial charge on any atom is -0.460 e. The van der Waals surface area contributed by atoms with Gasteiger partial charge in [-0.2, -0.15) is 0 Å². The lowest BCUT2D eigenvalue weighted by atomic mass is 10.1. The second-order valence-corrected chi connectivity index (χ2v) is 6.10. The van der Waals surface area contributed by atoms with Crippen LogP contribution in [0.3, 0.4) is 0 Å². The molecule has 0 aliphatic rings. The second-order valence-electron chi connectivity index (χ2n) is 5.18. The Bertz CT molecular complexity index is 942. The lowest BCUT2D eigenvalue weighted by molar-refractivity contribution is 0.0403. The topological polar surface area (TPSA) is 91.8 Å². The van der Waals surface area contributed by atoms with Gasteiger partial charge in [0.15, 0.2) is 0 Å². The molecule has 0 spiro atoms. The van der Waals surface area contributed by atoms with Crippen molar-refractivity contribution in [3.8, 4) is 0 Å². The van der Waals surface area contributed by atoms with Gasteiger partial charge >= 0.3 is 11.9 Å². The number of carbonyl (C=O) groups is 2. The molecule has 0 radical (unpaired) electrons. The summed E-state index contributed by atoms with van der Waals surface area (Å²) in [5, 5.41) is 4.29. The van der Waals surface area contributed by atoms with Gasteiger partial charge in [0.05, 0.1) is 17.9 Å². The van der Waals surface area contributed by atoms with Crippen molar-refractivity contribution < 1.29 is 28.0 Å². The summed E-state index contributed by atoms with van der Waals surface area (Å²) in [6.45, 7) is 3.43. The molecule has 3 aromatic rings. The third-order valence-corrected chi connectivity index (χ3v) is 3.88. The Balaban J connectivity index is 1.92. The number of furan rings is 1. The van der Waals surface area contributed by atoms with Gasteiger partial charge in [-0.15, -0.1) is 0 Å². The molecule has 2 heterocycles. The van der Waals surface area contributed by atoms with Crippen molar-refractivity contribution in [1.29, 1.82) is 0 Å². The van der Waals surface area contributed by atoms with Gasteiger partial charge in [-0.25, -0.2) is 9.59 Å². The molecule has 1 aromatic carbocycles. The molecule has 2 aromatic heterocycles. The molecule has 0 saturated heterocycles. The average molecular weight is 408 g/mol. The molecule has 0 N–H and O–H groups in total. The van der Waals surface area contributed by atoms with E-state index in [0.717, 1.165) is 4.47 Å². The van der Waals surface area contributed by atoms with Crippen LogP contribution in [0.2, 0.25) is 0 Å². The number of rotatable bonds is 5. The van der Waals surface area contributed by atoms with Gasteiger partial charge in [0.25, 0.3) is 0 Å². The third kappa shape index (κ3) is 3.58. The first-order valence-electron chi connectivity index (χ1n) is 7.48. The predicted molar refractivity (Wildman–Crippen MR) is 90.2 cm³/mol. The fourth-order valence-corrected chi connectivity index (χ4v) is 2.66. The molecule has 3 rings (SSSR count). The van der Waals surface area contributed by atoms with Crippen LogP contribution in [-0.2, 0) is 16.1 Å². The maximum Gasteiger partial charge on any atom is 0.377 e. The first-order valence-corrected chi connectivity index (χ1v) is 8.27. The van der Waals surface area contributed by atoms with Crippen LogP contribution in [0.1, 0.15) is 39.3 Å². The van der Waals surface area contributed by atoms with E-state index in [-0.39, 0.29) is 24.7 Å². The monoisotopic (exact) mass is 407 g/mol. The zero-order valence-electron chi connectivity index (χ0n) is 13.5. The highest BCUT2D eigenvalue weighted by atomic mass is 79.9. The summed E-state index contributed by atoms with van der Waals surface area (Å²) in [6, 6.07) is 6.75. The number of esters is 2. The smallest absolute Gasteiger partial charge is 0.377 e. The van der Waals surface area contributed by atoms with Crippen molar-refractivity contribution >= 4 is 38.8 Å². The Kier molecular flexibility index (Phi) is 4.89. The summed E-state index contributed by atoms with van der Waals surface area (Å²) in [6.07, 6.45) is 0. The number of aryl methyl sites for hydroxylation is 1. The summed E-state index contributed by atoms with van der Waals surface area (Å²) in [7, 11) is 0. The van der Waals surface area contributed by atoms with Crippen LogP contribution in [0.4, 0.5) is 0 Å². The van der Waals surface area contributed by atoms with Crippen LogP contribution < -0.4 is 0 Å². The van der Waals surface area contributed by atoms with Gasteiger partial charge in [-0.1, -0.05) is 21.1 Å². The zero-order valence-corrected chi connectivity index (χ0v) is 15.1. The summed E-state index contributed by atoms with van der Waals surface area (Å²) in [5.41, 5.74) is 1.49. The van der Waals surface area contributed by atoms with Crippen LogP contribution >= 0.6 is 15.9 Å². The lowest BCUT2D eigenvalue weighted by Gasteiger charge is -2.04. The molecule has 0 aliphatic carbocycles. The fraction of sp³-hybridized carbons (Fsp3) is 0.235. The third-order valence-electron chi connectivity index (χ3n) is 3.39. The van der Waals surface area contributed by atoms with E-state index >= 15 is 0 Å². The molecule has 0 unspecified atom stereocenters. The van der Waals surface area contributed by atoms with Crippen molar-refractivity contribution in [1.82, 2.24) is 5.16 Å². The van der Waals surface area contributed by atoms with Crippen molar-refractivity contribution in [2.75, 3.05) is 6.61 Å². The van der Waals surface area contributed by atoms with E-state index in [1.54, 1.807) is 32.0 Å². The molecular formula is C17H14BrNO6. The number of nitrogens with zero attached hydrogens (tertiary/aromatic N) is 1. The van der Waals surface area contributed by atoms with E-state index in [1.165, 1.54) is 6.07 Å². The SMILES string of the molecule is CCOC(=O)c1oc2ccc(Br)cc2c1COC(=O)c1cc(C)no1. The molecule has 0 atom stereocenters. The highest BCUT2D eigenvalue weighted by Crippen LogP contribution is 2.30. The first-order chi connectivity index (χ1) is 12.0. The highest BCUT2D eigenvalue weighted by molar-refractivity contribution is 9.10. The van der Waals surface area contributed by atoms with Gasteiger partial charge in [0.2, 0.25) is 11.5 Å². The number of hydrogen-bond donors (Lipinski definition) is 0. The molecule has 7 nitrogen and oxygen atoms in total. The Labute approximate surface area is 151 Å². The Morgan fingerprint density at radius 2 is 2.00 bits per heavy atom. The predicted octanol–water partition coefficient (Wildman–Crippen LogP) is 4.03. The Morgan fingerprint density at radius 3 is 2.68 bits per heavy atom. The van der Waals surface area contributed by atoms with E-state index < -0.39 is 11.9 Å². The van der Waals surface area contributed by atoms with E-state index in [2.05, 4.69) is 21.1 Å². The van der Waals surface area contributed by atoms with Gasteiger partial charge < -0.3 is 18.4 Å². The minimum absolute atomic E-state index is 0.0100. The summed E-state index contributed by atoms with van der Waals surface area (Å²) < 4.78 is 21.5. The molecule has 130 valence electrons. The van der Waals surface area contributed by atoms with Crippen LogP contribution in [-0.4, -0.2) is 23.7 Å². The number of halogens is 1. The van der Waals surface area contributed by atoms with E-state index in [4.69, 9.17) is 18.4 Å². The van der Waals surface area contributed by atoms with Crippen molar-refractivity contribution in [2.45, 2.75) is 20.5 Å². The molecule has 8 heteroatoms. The second kappa shape index (κ2) is 7.10. The van der Waals surface area contributed by atoms with Gasteiger partial charge in [0, 0.05) is 15.9 Å². The molecule has 0 saturated carbocycles. The van der Waals surface area contributed by atoms with Crippen LogP contribution in [0.15, 0.2) is 37.7 Å². The number of carbonyl (C=O) groups excluding carboxylic acids is 2. The van der Waals surface area contributed by atoms with Gasteiger partial charge in [0.1, 0.15) is 12.2 Å². The molecular weight excluding hydrogens is 394 g/mol. The van der Waals surface area contributed by atoms with Gasteiger partial charge in [-0.3, -0.25) is 0 Å². The summed E-state index contributed by atoms with van der Waals surface area (Å²) >= 11 is 3.37. The van der Waals surface area contributed by atoms with Crippen LogP contribution in [0, 0.1) is 6.92 Å². The number of hydrogen-bond acceptors (Lipinski definition) is 7. The maximum atomic E-state index is 12.1. The summed E-state index contributed by atoms with van der Waals surface area (Å²) in [5.74, 6) is -1.29. The van der Waals surface area contributed by atoms with Crippen LogP contribution in [0.25, 0.3) is 11.0 Å². The Hall–Kier alpha value is -2.61. The standard InChI is InChI=1S/C17H14BrNO6/c1-3-22-17(21)15-12(11-7-10(18)4-5-13(11)24-15)8-23-16(20)14-6-9(2)19-25-14/h4-7H,3,8H2,1-2H3. The Morgan fingerprint density at radius 1 is 1.20 bits per heavy atom. The number of benzene rings is 1. The molecule has 0 bridgehead atoms. The molecule has 25 heavy (non-hydrogen) atoms. The molecule has 0 fully saturated rings.